The van der Waals surface area contributed by atoms with Gasteiger partial charge in [0, 0.05) is 18.7 Å². The van der Waals surface area contributed by atoms with E-state index in [9.17, 15) is 4.79 Å². The van der Waals surface area contributed by atoms with Gasteiger partial charge in [-0.2, -0.15) is 0 Å². The van der Waals surface area contributed by atoms with Gasteiger partial charge in [0.15, 0.2) is 0 Å². The molecule has 0 aromatic heterocycles. The fraction of sp³-hybridized carbons (Fsp3) is 0.417. The maximum absolute atomic E-state index is 11.1. The van der Waals surface area contributed by atoms with E-state index in [0.717, 1.165) is 12.2 Å². The number of nitrogens with zero attached hydrogens (tertiary/aromatic N) is 1. The molecule has 1 unspecified atom stereocenters. The molecule has 0 aliphatic carbocycles. The number of carbonyl (C=O) groups is 1. The zero-order valence-electron chi connectivity index (χ0n) is 9.03. The van der Waals surface area contributed by atoms with Crippen LogP contribution in [0.2, 0.25) is 0 Å². The molecule has 80 valence electrons. The Hall–Kier alpha value is -1.51. The first kappa shape index (κ1) is 10.0. The van der Waals surface area contributed by atoms with Gasteiger partial charge in [-0.1, -0.05) is 12.1 Å². The number of likely N-dealkylation sites (N-methyl/N-ethyl adjacent to an activating group) is 1. The van der Waals surface area contributed by atoms with Crippen molar-refractivity contribution in [1.82, 2.24) is 0 Å². The summed E-state index contributed by atoms with van der Waals surface area (Å²) in [4.78, 5) is 13.1. The van der Waals surface area contributed by atoms with E-state index in [0.29, 0.717) is 6.42 Å². The Morgan fingerprint density at radius 2 is 2.33 bits per heavy atom. The van der Waals surface area contributed by atoms with E-state index < -0.39 is 5.97 Å². The Morgan fingerprint density at radius 3 is 2.93 bits per heavy atom. The van der Waals surface area contributed by atoms with Gasteiger partial charge in [0.2, 0.25) is 0 Å². The summed E-state index contributed by atoms with van der Waals surface area (Å²) < 4.78 is 0. The molecule has 1 aromatic rings. The van der Waals surface area contributed by atoms with Crippen LogP contribution in [0.5, 0.6) is 0 Å². The van der Waals surface area contributed by atoms with Gasteiger partial charge >= 0.3 is 5.97 Å². The van der Waals surface area contributed by atoms with E-state index in [1.807, 2.05) is 36.9 Å². The highest BCUT2D eigenvalue weighted by Crippen LogP contribution is 2.33. The third-order valence-electron chi connectivity index (χ3n) is 3.09. The maximum Gasteiger partial charge on any atom is 0.326 e. The van der Waals surface area contributed by atoms with Crippen molar-refractivity contribution in [1.29, 1.82) is 0 Å². The molecule has 1 aliphatic rings. The van der Waals surface area contributed by atoms with Gasteiger partial charge in [0.1, 0.15) is 6.04 Å². The van der Waals surface area contributed by atoms with Gasteiger partial charge in [-0.3, -0.25) is 0 Å². The summed E-state index contributed by atoms with van der Waals surface area (Å²) in [7, 11) is 0. The molecule has 1 aromatic carbocycles. The molecule has 3 nitrogen and oxygen atoms in total. The van der Waals surface area contributed by atoms with Crippen LogP contribution in [0.3, 0.4) is 0 Å². The van der Waals surface area contributed by atoms with Gasteiger partial charge in [-0.05, 0) is 31.0 Å². The van der Waals surface area contributed by atoms with Crippen LogP contribution < -0.4 is 4.90 Å². The van der Waals surface area contributed by atoms with Crippen LogP contribution in [0.4, 0.5) is 5.69 Å². The third kappa shape index (κ3) is 1.48. The number of benzene rings is 1. The summed E-state index contributed by atoms with van der Waals surface area (Å²) in [5.41, 5.74) is 3.46. The lowest BCUT2D eigenvalue weighted by atomic mass is 10.0. The van der Waals surface area contributed by atoms with Crippen molar-refractivity contribution in [2.75, 3.05) is 11.4 Å². The standard InChI is InChI=1S/C12H15NO2/c1-3-13-10-6-4-5-8(2)9(10)7-11(13)12(14)15/h4-6,11H,3,7H2,1-2H3,(H,14,15). The second-order valence-corrected chi connectivity index (χ2v) is 3.92. The number of anilines is 1. The van der Waals surface area contributed by atoms with Gasteiger partial charge in [0.05, 0.1) is 0 Å². The van der Waals surface area contributed by atoms with E-state index in [-0.39, 0.29) is 6.04 Å². The highest BCUT2D eigenvalue weighted by Gasteiger charge is 2.33. The topological polar surface area (TPSA) is 40.5 Å². The van der Waals surface area contributed by atoms with Gasteiger partial charge < -0.3 is 10.0 Å². The first-order chi connectivity index (χ1) is 7.15. The zero-order valence-corrected chi connectivity index (χ0v) is 9.03. The van der Waals surface area contributed by atoms with Crippen molar-refractivity contribution in [2.24, 2.45) is 0 Å². The molecule has 0 radical (unpaired) electrons. The van der Waals surface area contributed by atoms with Crippen LogP contribution in [0.25, 0.3) is 0 Å². The van der Waals surface area contributed by atoms with Crippen LogP contribution in [0.1, 0.15) is 18.1 Å². The number of carboxylic acid groups (broad SMARTS) is 1. The van der Waals surface area contributed by atoms with Crippen LogP contribution in [0, 0.1) is 6.92 Å². The molecule has 0 amide bonds. The second kappa shape index (κ2) is 3.57. The molecule has 15 heavy (non-hydrogen) atoms. The molecule has 1 atom stereocenters. The van der Waals surface area contributed by atoms with Gasteiger partial charge in [0.25, 0.3) is 0 Å². The van der Waals surface area contributed by atoms with Gasteiger partial charge in [-0.25, -0.2) is 4.79 Å². The number of rotatable bonds is 2. The SMILES string of the molecule is CCN1c2cccc(C)c2CC1C(=O)O. The first-order valence-corrected chi connectivity index (χ1v) is 5.23. The van der Waals surface area contributed by atoms with E-state index >= 15 is 0 Å². The van der Waals surface area contributed by atoms with Crippen molar-refractivity contribution in [2.45, 2.75) is 26.3 Å². The van der Waals surface area contributed by atoms with Crippen LogP contribution in [-0.4, -0.2) is 23.7 Å². The molecule has 0 spiro atoms. The average molecular weight is 205 g/mol. The predicted molar refractivity (Wildman–Crippen MR) is 59.3 cm³/mol. The van der Waals surface area contributed by atoms with Crippen molar-refractivity contribution < 1.29 is 9.90 Å². The number of aryl methyl sites for hydroxylation is 1. The number of hydrogen-bond donors (Lipinski definition) is 1. The predicted octanol–water partition coefficient (Wildman–Crippen LogP) is 1.83. The molecular weight excluding hydrogens is 190 g/mol. The molecule has 1 N–H and O–H groups in total. The molecule has 0 saturated carbocycles. The summed E-state index contributed by atoms with van der Waals surface area (Å²) in [5.74, 6) is -0.729. The van der Waals surface area contributed by atoms with Crippen molar-refractivity contribution >= 4 is 11.7 Å². The Balaban J connectivity index is 2.45. The van der Waals surface area contributed by atoms with Crippen LogP contribution >= 0.6 is 0 Å². The smallest absolute Gasteiger partial charge is 0.326 e. The molecule has 2 rings (SSSR count). The quantitative estimate of drug-likeness (QED) is 0.800. The molecule has 0 saturated heterocycles. The molecule has 0 bridgehead atoms. The summed E-state index contributed by atoms with van der Waals surface area (Å²) in [6, 6.07) is 5.65. The van der Waals surface area contributed by atoms with E-state index in [4.69, 9.17) is 5.11 Å². The van der Waals surface area contributed by atoms with E-state index in [2.05, 4.69) is 0 Å². The summed E-state index contributed by atoms with van der Waals surface area (Å²) >= 11 is 0. The van der Waals surface area contributed by atoms with Crippen molar-refractivity contribution in [3.63, 3.8) is 0 Å². The lowest BCUT2D eigenvalue weighted by Crippen LogP contribution is -2.38. The summed E-state index contributed by atoms with van der Waals surface area (Å²) in [6.07, 6.45) is 0.630. The van der Waals surface area contributed by atoms with E-state index in [1.165, 1.54) is 11.1 Å². The largest absolute Gasteiger partial charge is 0.480 e. The average Bonchev–Trinajstić information content (AvgIpc) is 2.57. The Bertz CT molecular complexity index is 401. The molecular formula is C12H15NO2. The second-order valence-electron chi connectivity index (χ2n) is 3.92. The minimum atomic E-state index is -0.729. The van der Waals surface area contributed by atoms with Crippen molar-refractivity contribution in [3.8, 4) is 0 Å². The number of fused-ring (bicyclic) bond motifs is 1. The summed E-state index contributed by atoms with van der Waals surface area (Å²) in [6.45, 7) is 4.78. The van der Waals surface area contributed by atoms with Crippen LogP contribution in [0.15, 0.2) is 18.2 Å². The van der Waals surface area contributed by atoms with E-state index in [1.54, 1.807) is 0 Å². The normalized spacial score (nSPS) is 19.1. The first-order valence-electron chi connectivity index (χ1n) is 5.23. The number of hydrogen-bond acceptors (Lipinski definition) is 2. The fourth-order valence-electron chi connectivity index (χ4n) is 2.30. The molecule has 1 aliphatic heterocycles. The molecule has 0 fully saturated rings. The summed E-state index contributed by atoms with van der Waals surface area (Å²) in [5, 5.41) is 9.14. The Morgan fingerprint density at radius 1 is 1.60 bits per heavy atom. The minimum Gasteiger partial charge on any atom is -0.480 e. The third-order valence-corrected chi connectivity index (χ3v) is 3.09. The number of aliphatic carboxylic acids is 1. The van der Waals surface area contributed by atoms with Crippen molar-refractivity contribution in [3.05, 3.63) is 29.3 Å². The Kier molecular flexibility index (Phi) is 2.39. The highest BCUT2D eigenvalue weighted by atomic mass is 16.4. The fourth-order valence-corrected chi connectivity index (χ4v) is 2.30. The van der Waals surface area contributed by atoms with Crippen LogP contribution in [-0.2, 0) is 11.2 Å². The Labute approximate surface area is 89.3 Å². The highest BCUT2D eigenvalue weighted by molar-refractivity contribution is 5.82. The minimum absolute atomic E-state index is 0.383. The lowest BCUT2D eigenvalue weighted by Gasteiger charge is -2.22. The number of carboxylic acids is 1. The van der Waals surface area contributed by atoms with Gasteiger partial charge in [-0.15, -0.1) is 0 Å². The zero-order chi connectivity index (χ0) is 11.0. The maximum atomic E-state index is 11.1. The monoisotopic (exact) mass is 205 g/mol. The lowest BCUT2D eigenvalue weighted by molar-refractivity contribution is -0.138. The molecule has 3 heteroatoms. The molecule has 1 heterocycles.